The number of aliphatic hydroxyl groups is 1. The third kappa shape index (κ3) is 12.0. The number of hydrogen-bond acceptors (Lipinski definition) is 9. The lowest BCUT2D eigenvalue weighted by Gasteiger charge is -2.42. The molecule has 1 aromatic carbocycles. The van der Waals surface area contributed by atoms with Crippen LogP contribution in [0.25, 0.3) is 0 Å². The molecule has 2 rings (SSSR count). The Morgan fingerprint density at radius 3 is 2.06 bits per heavy atom. The van der Waals surface area contributed by atoms with Crippen molar-refractivity contribution in [3.63, 3.8) is 0 Å². The number of aliphatic hydroxyl groups excluding tert-OH is 1. The first-order valence-electron chi connectivity index (χ1n) is 18.8. The summed E-state index contributed by atoms with van der Waals surface area (Å²) in [4.78, 5) is 56.5. The van der Waals surface area contributed by atoms with E-state index in [1.807, 2.05) is 76.8 Å². The van der Waals surface area contributed by atoms with E-state index in [9.17, 15) is 29.4 Å². The Kier molecular flexibility index (Phi) is 18.7. The number of nitrogens with one attached hydrogen (secondary N) is 3. The summed E-state index contributed by atoms with van der Waals surface area (Å²) in [7, 11) is 6.57. The predicted octanol–water partition coefficient (Wildman–Crippen LogP) is 2.90. The van der Waals surface area contributed by atoms with Gasteiger partial charge in [-0.1, -0.05) is 85.2 Å². The molecule has 13 nitrogen and oxygen atoms in total. The monoisotopic (exact) mass is 733 g/mol. The number of carboxylic acid groups (broad SMARTS) is 1. The molecule has 13 heteroatoms. The summed E-state index contributed by atoms with van der Waals surface area (Å²) < 4.78 is 11.9. The minimum Gasteiger partial charge on any atom is -0.480 e. The second-order valence-electron chi connectivity index (χ2n) is 15.1. The standard InChI is InChI=1S/C39H67N5O8/c1-12-25(6)34(43(9)38(48)33(24(4)5)42-37(47)32(40-8)23(2)3)30(51-10)22-31(45)44-20-16-19-29(44)35(52-11)26(7)36(46)41-28(39(49)50)21-27-17-14-13-15-18-27/h13-15,17-18,23-26,28-35,40,45H,12,16,19-22H2,1-11H3,(H,41,46)(H,42,47)(H,49,50). The number of amides is 3. The number of methoxy groups -OCH3 is 2. The zero-order valence-corrected chi connectivity index (χ0v) is 33.3. The van der Waals surface area contributed by atoms with Crippen LogP contribution < -0.4 is 16.0 Å². The molecule has 10 atom stereocenters. The lowest BCUT2D eigenvalue weighted by Crippen LogP contribution is -2.60. The lowest BCUT2D eigenvalue weighted by atomic mass is 9.89. The van der Waals surface area contributed by atoms with Crippen molar-refractivity contribution >= 4 is 23.7 Å². The van der Waals surface area contributed by atoms with Crippen LogP contribution in [0.3, 0.4) is 0 Å². The number of hydrogen-bond donors (Lipinski definition) is 5. The fourth-order valence-electron chi connectivity index (χ4n) is 7.58. The molecule has 10 unspecified atom stereocenters. The van der Waals surface area contributed by atoms with Crippen molar-refractivity contribution in [2.75, 3.05) is 34.9 Å². The summed E-state index contributed by atoms with van der Waals surface area (Å²) in [5.41, 5.74) is 0.796. The third-order valence-corrected chi connectivity index (χ3v) is 10.8. The van der Waals surface area contributed by atoms with Crippen LogP contribution in [0, 0.1) is 23.7 Å². The van der Waals surface area contributed by atoms with Crippen molar-refractivity contribution in [3.05, 3.63) is 35.9 Å². The topological polar surface area (TPSA) is 170 Å². The summed E-state index contributed by atoms with van der Waals surface area (Å²) in [6.07, 6.45) is 0.360. The van der Waals surface area contributed by atoms with Gasteiger partial charge in [-0.25, -0.2) is 4.79 Å². The number of ether oxygens (including phenoxy) is 2. The van der Waals surface area contributed by atoms with Crippen molar-refractivity contribution in [1.82, 2.24) is 25.8 Å². The Bertz CT molecular complexity index is 1270. The van der Waals surface area contributed by atoms with E-state index in [4.69, 9.17) is 9.47 Å². The van der Waals surface area contributed by atoms with E-state index in [2.05, 4.69) is 16.0 Å². The SMILES string of the molecule is CCC(C)C(C(CC(O)N1CCCC1C(OC)C(C)C(=O)NC(Cc1ccccc1)C(=O)O)OC)N(C)C(=O)C(NC(=O)C(NC)C(C)C)C(C)C. The summed E-state index contributed by atoms with van der Waals surface area (Å²) >= 11 is 0. The van der Waals surface area contributed by atoms with Gasteiger partial charge in [0.2, 0.25) is 17.7 Å². The molecular formula is C39H67N5O8. The van der Waals surface area contributed by atoms with Gasteiger partial charge in [0.25, 0.3) is 0 Å². The molecule has 0 bridgehead atoms. The van der Waals surface area contributed by atoms with Crippen molar-refractivity contribution < 1.29 is 38.9 Å². The van der Waals surface area contributed by atoms with Crippen molar-refractivity contribution in [2.45, 2.75) is 129 Å². The van der Waals surface area contributed by atoms with E-state index in [0.29, 0.717) is 13.0 Å². The van der Waals surface area contributed by atoms with E-state index in [1.165, 1.54) is 7.11 Å². The van der Waals surface area contributed by atoms with Crippen LogP contribution in [0.15, 0.2) is 30.3 Å². The van der Waals surface area contributed by atoms with Crippen LogP contribution in [0.2, 0.25) is 0 Å². The van der Waals surface area contributed by atoms with Gasteiger partial charge in [0.15, 0.2) is 0 Å². The molecule has 1 aliphatic rings. The number of carbonyl (C=O) groups is 4. The Labute approximate surface area is 311 Å². The van der Waals surface area contributed by atoms with Crippen molar-refractivity contribution in [2.24, 2.45) is 23.7 Å². The molecule has 0 radical (unpaired) electrons. The van der Waals surface area contributed by atoms with E-state index in [1.54, 1.807) is 33.0 Å². The molecule has 1 heterocycles. The summed E-state index contributed by atoms with van der Waals surface area (Å²) in [5.74, 6) is -2.88. The number of carbonyl (C=O) groups excluding carboxylic acids is 3. The smallest absolute Gasteiger partial charge is 0.326 e. The second kappa shape index (κ2) is 21.6. The maximum absolute atomic E-state index is 14.1. The number of rotatable bonds is 22. The average molecular weight is 734 g/mol. The molecule has 0 aromatic heterocycles. The highest BCUT2D eigenvalue weighted by Gasteiger charge is 2.43. The fraction of sp³-hybridized carbons (Fsp3) is 0.744. The number of carboxylic acids is 1. The van der Waals surface area contributed by atoms with Gasteiger partial charge < -0.3 is 40.5 Å². The average Bonchev–Trinajstić information content (AvgIpc) is 3.59. The van der Waals surface area contributed by atoms with E-state index in [-0.39, 0.29) is 48.5 Å². The number of benzene rings is 1. The van der Waals surface area contributed by atoms with Gasteiger partial charge in [-0.05, 0) is 43.2 Å². The minimum atomic E-state index is -1.12. The Hall–Kier alpha value is -3.10. The largest absolute Gasteiger partial charge is 0.480 e. The number of nitrogens with zero attached hydrogens (tertiary/aromatic N) is 2. The molecule has 52 heavy (non-hydrogen) atoms. The van der Waals surface area contributed by atoms with Gasteiger partial charge in [-0.3, -0.25) is 19.3 Å². The van der Waals surface area contributed by atoms with Gasteiger partial charge in [0, 0.05) is 46.7 Å². The molecule has 0 saturated carbocycles. The van der Waals surface area contributed by atoms with Crippen molar-refractivity contribution in [1.29, 1.82) is 0 Å². The molecule has 1 saturated heterocycles. The molecule has 296 valence electrons. The molecular weight excluding hydrogens is 666 g/mol. The maximum atomic E-state index is 14.1. The van der Waals surface area contributed by atoms with Crippen molar-refractivity contribution in [3.8, 4) is 0 Å². The van der Waals surface area contributed by atoms with E-state index in [0.717, 1.165) is 18.4 Å². The first kappa shape index (κ1) is 45.1. The summed E-state index contributed by atoms with van der Waals surface area (Å²) in [6, 6.07) is 6.09. The zero-order chi connectivity index (χ0) is 39.3. The van der Waals surface area contributed by atoms with Crippen LogP contribution in [-0.4, -0.2) is 127 Å². The Balaban J connectivity index is 2.26. The molecule has 5 N–H and O–H groups in total. The maximum Gasteiger partial charge on any atom is 0.326 e. The Morgan fingerprint density at radius 2 is 1.56 bits per heavy atom. The molecule has 1 aliphatic heterocycles. The predicted molar refractivity (Wildman–Crippen MR) is 201 cm³/mol. The fourth-order valence-corrected chi connectivity index (χ4v) is 7.58. The first-order valence-corrected chi connectivity index (χ1v) is 18.8. The molecule has 3 amide bonds. The van der Waals surface area contributed by atoms with E-state index >= 15 is 0 Å². The third-order valence-electron chi connectivity index (χ3n) is 10.8. The van der Waals surface area contributed by atoms with Gasteiger partial charge in [0.05, 0.1) is 30.2 Å². The van der Waals surface area contributed by atoms with Crippen LogP contribution in [0.1, 0.15) is 79.7 Å². The Morgan fingerprint density at radius 1 is 0.942 bits per heavy atom. The van der Waals surface area contributed by atoms with Crippen LogP contribution in [0.5, 0.6) is 0 Å². The number of likely N-dealkylation sites (N-methyl/N-ethyl adjacent to an activating group) is 2. The highest BCUT2D eigenvalue weighted by molar-refractivity contribution is 5.90. The van der Waals surface area contributed by atoms with Gasteiger partial charge in [0.1, 0.15) is 18.3 Å². The highest BCUT2D eigenvalue weighted by atomic mass is 16.5. The normalized spacial score (nSPS) is 20.3. The molecule has 0 aliphatic carbocycles. The van der Waals surface area contributed by atoms with E-state index < -0.39 is 60.4 Å². The lowest BCUT2D eigenvalue weighted by molar-refractivity contribution is -0.147. The molecule has 1 aromatic rings. The minimum absolute atomic E-state index is 0.00165. The van der Waals surface area contributed by atoms with Gasteiger partial charge >= 0.3 is 5.97 Å². The number of likely N-dealkylation sites (tertiary alicyclic amines) is 1. The van der Waals surface area contributed by atoms with Crippen LogP contribution in [0.4, 0.5) is 0 Å². The molecule has 1 fully saturated rings. The second-order valence-corrected chi connectivity index (χ2v) is 15.1. The van der Waals surface area contributed by atoms with Crippen LogP contribution >= 0.6 is 0 Å². The van der Waals surface area contributed by atoms with Gasteiger partial charge in [-0.2, -0.15) is 0 Å². The summed E-state index contributed by atoms with van der Waals surface area (Å²) in [5, 5.41) is 30.4. The van der Waals surface area contributed by atoms with Gasteiger partial charge in [-0.15, -0.1) is 0 Å². The molecule has 0 spiro atoms. The number of aliphatic carboxylic acids is 1. The summed E-state index contributed by atoms with van der Waals surface area (Å²) in [6.45, 7) is 14.1. The highest BCUT2D eigenvalue weighted by Crippen LogP contribution is 2.31. The zero-order valence-electron chi connectivity index (χ0n) is 33.3. The van der Waals surface area contributed by atoms with Crippen LogP contribution in [-0.2, 0) is 35.1 Å². The quantitative estimate of drug-likeness (QED) is 0.120. The first-order chi connectivity index (χ1) is 24.5.